The van der Waals surface area contributed by atoms with Gasteiger partial charge in [0.15, 0.2) is 0 Å². The average molecular weight is 285 g/mol. The molecule has 0 heterocycles. The molecule has 1 aliphatic carbocycles. The summed E-state index contributed by atoms with van der Waals surface area (Å²) in [6.07, 6.45) is 3.28. The van der Waals surface area contributed by atoms with E-state index in [9.17, 15) is 0 Å². The van der Waals surface area contributed by atoms with Crippen LogP contribution >= 0.6 is 0 Å². The van der Waals surface area contributed by atoms with Crippen LogP contribution in [0.2, 0.25) is 0 Å². The Labute approximate surface area is 133 Å². The second-order valence-electron chi connectivity index (χ2n) is 0.866. The average Bonchev–Trinajstić information content (AvgIpc) is 2.68. The molecule has 0 atom stereocenters. The van der Waals surface area contributed by atoms with Gasteiger partial charge < -0.3 is 0 Å². The van der Waals surface area contributed by atoms with Crippen molar-refractivity contribution in [2.75, 3.05) is 0 Å². The topological polar surface area (TPSA) is 0 Å². The highest BCUT2D eigenvalue weighted by molar-refractivity contribution is 5.26. The SMILES string of the molecule is C1=C=CC#CC=1.CC.CC.CC.CC.CC.CC.CC. The van der Waals surface area contributed by atoms with Crippen molar-refractivity contribution < 1.29 is 0 Å². The van der Waals surface area contributed by atoms with E-state index in [1.54, 1.807) is 12.2 Å². The first-order valence-electron chi connectivity index (χ1n) is 8.65. The van der Waals surface area contributed by atoms with Gasteiger partial charge in [-0.25, -0.2) is 0 Å². The maximum Gasteiger partial charge on any atom is 0.0390 e. The molecule has 0 aromatic heterocycles. The molecule has 0 unspecified atom stereocenters. The summed E-state index contributed by atoms with van der Waals surface area (Å²) in [5, 5.41) is 0. The minimum Gasteiger partial charge on any atom is -0.0683 e. The van der Waals surface area contributed by atoms with Crippen LogP contribution < -0.4 is 0 Å². The van der Waals surface area contributed by atoms with E-state index in [0.717, 1.165) is 0 Å². The highest BCUT2D eigenvalue weighted by Crippen LogP contribution is 1.68. The monoisotopic (exact) mass is 284 g/mol. The van der Waals surface area contributed by atoms with Gasteiger partial charge >= 0.3 is 0 Å². The van der Waals surface area contributed by atoms with E-state index in [0.29, 0.717) is 0 Å². The maximum absolute atomic E-state index is 2.68. The molecule has 0 saturated carbocycles. The van der Waals surface area contributed by atoms with Gasteiger partial charge in [0.05, 0.1) is 0 Å². The van der Waals surface area contributed by atoms with Gasteiger partial charge in [0, 0.05) is 12.2 Å². The van der Waals surface area contributed by atoms with E-state index in [4.69, 9.17) is 0 Å². The van der Waals surface area contributed by atoms with Gasteiger partial charge in [0.2, 0.25) is 0 Å². The largest absolute Gasteiger partial charge is 0.0683 e. The smallest absolute Gasteiger partial charge is 0.0390 e. The van der Waals surface area contributed by atoms with Gasteiger partial charge in [-0.05, 0) is 0 Å². The molecule has 0 radical (unpaired) electrons. The lowest BCUT2D eigenvalue weighted by Crippen LogP contribution is -1.48. The lowest BCUT2D eigenvalue weighted by Gasteiger charge is -1.60. The normalized spacial score (nSPS) is 5.30. The fourth-order valence-electron chi connectivity index (χ4n) is 0.239. The van der Waals surface area contributed by atoms with Crippen LogP contribution in [0.5, 0.6) is 0 Å². The van der Waals surface area contributed by atoms with E-state index < -0.39 is 0 Å². The first-order chi connectivity index (χ1) is 10.0. The zero-order valence-corrected chi connectivity index (χ0v) is 17.2. The number of hydrogen-bond donors (Lipinski definition) is 0. The Morgan fingerprint density at radius 2 is 0.500 bits per heavy atom. The lowest BCUT2D eigenvalue weighted by molar-refractivity contribution is 1.50. The van der Waals surface area contributed by atoms with Crippen LogP contribution in [0.15, 0.2) is 23.6 Å². The molecular weight excluding hydrogens is 240 g/mol. The van der Waals surface area contributed by atoms with Crippen molar-refractivity contribution in [2.24, 2.45) is 0 Å². The zero-order valence-electron chi connectivity index (χ0n) is 17.2. The molecule has 0 bridgehead atoms. The summed E-state index contributed by atoms with van der Waals surface area (Å²) >= 11 is 0. The van der Waals surface area contributed by atoms with Crippen LogP contribution in [-0.4, -0.2) is 0 Å². The predicted octanol–water partition coefficient (Wildman–Crippen LogP) is 8.05. The third kappa shape index (κ3) is 180. The molecule has 124 valence electrons. The summed E-state index contributed by atoms with van der Waals surface area (Å²) in [6.45, 7) is 28.0. The summed E-state index contributed by atoms with van der Waals surface area (Å²) in [5.41, 5.74) is 5.36. The van der Waals surface area contributed by atoms with E-state index >= 15 is 0 Å². The molecule has 0 nitrogen and oxygen atoms in total. The van der Waals surface area contributed by atoms with Gasteiger partial charge in [-0.3, -0.25) is 0 Å². The van der Waals surface area contributed by atoms with Crippen molar-refractivity contribution in [1.82, 2.24) is 0 Å². The Balaban J connectivity index is -0.0000000213. The van der Waals surface area contributed by atoms with Gasteiger partial charge in [-0.15, -0.1) is 0 Å². The number of rotatable bonds is 0. The third-order valence-electron chi connectivity index (χ3n) is 0.455. The first kappa shape index (κ1) is 42.8. The molecule has 0 spiro atoms. The van der Waals surface area contributed by atoms with Crippen molar-refractivity contribution >= 4 is 0 Å². The third-order valence-corrected chi connectivity index (χ3v) is 0.455. The molecule has 1 rings (SSSR count). The number of hydrogen-bond acceptors (Lipinski definition) is 0. The van der Waals surface area contributed by atoms with Crippen LogP contribution in [-0.2, 0) is 0 Å². The Morgan fingerprint density at radius 1 is 0.350 bits per heavy atom. The van der Waals surface area contributed by atoms with Crippen LogP contribution in [0.4, 0.5) is 0 Å². The molecule has 0 aliphatic heterocycles. The summed E-state index contributed by atoms with van der Waals surface area (Å²) in [5.74, 6) is 5.36. The minimum absolute atomic E-state index is 1.64. The highest BCUT2D eigenvalue weighted by Gasteiger charge is 1.56. The number of allylic oxidation sites excluding steroid dienone is 2. The summed E-state index contributed by atoms with van der Waals surface area (Å²) < 4.78 is 0. The Hall–Kier alpha value is -1.14. The first-order valence-corrected chi connectivity index (χ1v) is 8.65. The fourth-order valence-corrected chi connectivity index (χ4v) is 0.239. The van der Waals surface area contributed by atoms with Crippen LogP contribution in [0.25, 0.3) is 0 Å². The van der Waals surface area contributed by atoms with E-state index in [-0.39, 0.29) is 0 Å². The fraction of sp³-hybridized carbons (Fsp3) is 0.700. The second-order valence-corrected chi connectivity index (χ2v) is 0.866. The summed E-state index contributed by atoms with van der Waals surface area (Å²) in [7, 11) is 0. The molecule has 0 heteroatoms. The standard InChI is InChI=1S/C6H2.7C2H6/c1-2-4-6-5-3-1;7*1-2/h1,6H;7*1-2H3. The van der Waals surface area contributed by atoms with Crippen molar-refractivity contribution in [2.45, 2.75) is 96.9 Å². The van der Waals surface area contributed by atoms with Crippen LogP contribution in [0, 0.1) is 11.8 Å². The van der Waals surface area contributed by atoms with Crippen molar-refractivity contribution in [3.63, 3.8) is 0 Å². The zero-order chi connectivity index (χ0) is 18.2. The summed E-state index contributed by atoms with van der Waals surface area (Å²) in [4.78, 5) is 0. The van der Waals surface area contributed by atoms with Crippen molar-refractivity contribution in [3.8, 4) is 11.8 Å². The molecule has 0 saturated heterocycles. The molecular formula is C20H44. The molecule has 1 aliphatic rings. The van der Waals surface area contributed by atoms with E-state index in [1.165, 1.54) is 0 Å². The predicted molar refractivity (Wildman–Crippen MR) is 103 cm³/mol. The molecule has 0 aromatic carbocycles. The molecule has 0 aromatic rings. The van der Waals surface area contributed by atoms with Crippen LogP contribution in [0.3, 0.4) is 0 Å². The maximum atomic E-state index is 2.68. The van der Waals surface area contributed by atoms with E-state index in [1.807, 2.05) is 96.9 Å². The van der Waals surface area contributed by atoms with Gasteiger partial charge in [-0.1, -0.05) is 120 Å². The quantitative estimate of drug-likeness (QED) is 0.312. The molecule has 20 heavy (non-hydrogen) atoms. The van der Waals surface area contributed by atoms with Gasteiger partial charge in [0.1, 0.15) is 0 Å². The Bertz CT molecular complexity index is 166. The van der Waals surface area contributed by atoms with Crippen LogP contribution in [0.1, 0.15) is 96.9 Å². The lowest BCUT2D eigenvalue weighted by atomic mass is 10.4. The second kappa shape index (κ2) is 215. The van der Waals surface area contributed by atoms with Crippen molar-refractivity contribution in [3.05, 3.63) is 23.6 Å². The Kier molecular flexibility index (Phi) is 460. The highest BCUT2D eigenvalue weighted by atomic mass is 13.6. The molecule has 0 amide bonds. The molecule has 0 fully saturated rings. The molecule has 0 N–H and O–H groups in total. The van der Waals surface area contributed by atoms with Gasteiger partial charge in [0.25, 0.3) is 0 Å². The van der Waals surface area contributed by atoms with Crippen molar-refractivity contribution in [1.29, 1.82) is 0 Å². The summed E-state index contributed by atoms with van der Waals surface area (Å²) in [6, 6.07) is 0. The van der Waals surface area contributed by atoms with E-state index in [2.05, 4.69) is 23.3 Å². The minimum atomic E-state index is 1.64. The Morgan fingerprint density at radius 3 is 0.550 bits per heavy atom. The van der Waals surface area contributed by atoms with Gasteiger partial charge in [-0.2, -0.15) is 0 Å².